The zero-order valence-corrected chi connectivity index (χ0v) is 19.3. The quantitative estimate of drug-likeness (QED) is 0.336. The number of hydrogen-bond acceptors (Lipinski definition) is 6. The molecule has 30 heavy (non-hydrogen) atoms. The first-order valence-corrected chi connectivity index (χ1v) is 11.9. The van der Waals surface area contributed by atoms with Crippen molar-refractivity contribution in [1.29, 1.82) is 0 Å². The van der Waals surface area contributed by atoms with Crippen LogP contribution in [0, 0.1) is 0 Å². The van der Waals surface area contributed by atoms with E-state index in [1.54, 1.807) is 0 Å². The zero-order valence-electron chi connectivity index (χ0n) is 16.1. The number of hydrogen-bond donors (Lipinski definition) is 1. The summed E-state index contributed by atoms with van der Waals surface area (Å²) in [4.78, 5) is 16.9. The number of rotatable bonds is 7. The number of aromatic nitrogens is 4. The van der Waals surface area contributed by atoms with Crippen LogP contribution in [0.3, 0.4) is 0 Å². The van der Waals surface area contributed by atoms with Gasteiger partial charge in [0.25, 0.3) is 0 Å². The van der Waals surface area contributed by atoms with Crippen LogP contribution in [0.1, 0.15) is 6.92 Å². The second-order valence-corrected chi connectivity index (χ2v) is 8.93. The number of nitrogens with one attached hydrogen (secondary N) is 1. The van der Waals surface area contributed by atoms with Gasteiger partial charge in [0.05, 0.1) is 11.4 Å². The van der Waals surface area contributed by atoms with E-state index in [1.165, 1.54) is 23.1 Å². The van der Waals surface area contributed by atoms with Gasteiger partial charge in [0.1, 0.15) is 0 Å². The van der Waals surface area contributed by atoms with E-state index in [1.807, 2.05) is 71.5 Å². The molecule has 0 saturated heterocycles. The molecule has 1 amide bonds. The van der Waals surface area contributed by atoms with E-state index in [9.17, 15) is 4.79 Å². The molecule has 2 aromatic carbocycles. The summed E-state index contributed by atoms with van der Waals surface area (Å²) < 4.78 is 2.97. The topological polar surface area (TPSA) is 72.7 Å². The average molecular weight is 500 g/mol. The number of carbonyl (C=O) groups is 1. The van der Waals surface area contributed by atoms with Gasteiger partial charge < -0.3 is 9.88 Å². The van der Waals surface area contributed by atoms with Gasteiger partial charge in [0, 0.05) is 27.5 Å². The van der Waals surface area contributed by atoms with Crippen molar-refractivity contribution in [2.45, 2.75) is 18.6 Å². The third-order valence-corrected chi connectivity index (χ3v) is 6.72. The number of thiazole rings is 1. The normalized spacial score (nSPS) is 10.9. The standard InChI is InChI=1S/C21H18BrN5OS2/c1-2-27-19(15-10-6-7-11-16(15)22)25-26-21(27)30-13-18(28)24-20-23-17(12-29-20)14-8-4-3-5-9-14/h3-12H,2,13H2,1H3,(H,23,24,28). The molecule has 9 heteroatoms. The first-order valence-electron chi connectivity index (χ1n) is 9.27. The van der Waals surface area contributed by atoms with Crippen molar-refractivity contribution in [2.75, 3.05) is 11.1 Å². The maximum atomic E-state index is 12.4. The van der Waals surface area contributed by atoms with E-state index < -0.39 is 0 Å². The summed E-state index contributed by atoms with van der Waals surface area (Å²) in [5.41, 5.74) is 2.85. The van der Waals surface area contributed by atoms with Gasteiger partial charge in [0.15, 0.2) is 16.1 Å². The van der Waals surface area contributed by atoms with Crippen LogP contribution in [0.15, 0.2) is 69.6 Å². The SMILES string of the molecule is CCn1c(SCC(=O)Nc2nc(-c3ccccc3)cs2)nnc1-c1ccccc1Br. The van der Waals surface area contributed by atoms with E-state index in [0.29, 0.717) is 16.8 Å². The molecule has 0 unspecified atom stereocenters. The summed E-state index contributed by atoms with van der Waals surface area (Å²) in [6, 6.07) is 17.8. The average Bonchev–Trinajstić information content (AvgIpc) is 3.40. The van der Waals surface area contributed by atoms with Crippen LogP contribution in [-0.2, 0) is 11.3 Å². The van der Waals surface area contributed by atoms with Gasteiger partial charge in [-0.1, -0.05) is 76.2 Å². The summed E-state index contributed by atoms with van der Waals surface area (Å²) in [6.07, 6.45) is 0. The van der Waals surface area contributed by atoms with Gasteiger partial charge in [-0.2, -0.15) is 0 Å². The van der Waals surface area contributed by atoms with Crippen LogP contribution in [0.4, 0.5) is 5.13 Å². The van der Waals surface area contributed by atoms with Gasteiger partial charge in [-0.25, -0.2) is 4.98 Å². The molecular weight excluding hydrogens is 482 g/mol. The van der Waals surface area contributed by atoms with Crippen LogP contribution in [0.5, 0.6) is 0 Å². The number of anilines is 1. The second kappa shape index (κ2) is 9.55. The predicted octanol–water partition coefficient (Wildman–Crippen LogP) is 5.58. The minimum Gasteiger partial charge on any atom is -0.302 e. The van der Waals surface area contributed by atoms with E-state index in [-0.39, 0.29) is 11.7 Å². The Balaban J connectivity index is 1.41. The van der Waals surface area contributed by atoms with Crippen molar-refractivity contribution in [3.05, 3.63) is 64.5 Å². The largest absolute Gasteiger partial charge is 0.302 e. The molecular formula is C21H18BrN5OS2. The fourth-order valence-corrected chi connectivity index (χ4v) is 4.88. The van der Waals surface area contributed by atoms with E-state index in [4.69, 9.17) is 0 Å². The lowest BCUT2D eigenvalue weighted by atomic mass is 10.2. The number of thioether (sulfide) groups is 1. The third kappa shape index (κ3) is 4.63. The number of halogens is 1. The van der Waals surface area contributed by atoms with Crippen molar-refractivity contribution in [3.8, 4) is 22.6 Å². The smallest absolute Gasteiger partial charge is 0.236 e. The third-order valence-electron chi connectivity index (χ3n) is 4.30. The van der Waals surface area contributed by atoms with Crippen LogP contribution < -0.4 is 5.32 Å². The maximum absolute atomic E-state index is 12.4. The summed E-state index contributed by atoms with van der Waals surface area (Å²) in [7, 11) is 0. The van der Waals surface area contributed by atoms with Gasteiger partial charge in [-0.05, 0) is 13.0 Å². The fourth-order valence-electron chi connectivity index (χ4n) is 2.88. The highest BCUT2D eigenvalue weighted by atomic mass is 79.9. The summed E-state index contributed by atoms with van der Waals surface area (Å²) >= 11 is 6.34. The summed E-state index contributed by atoms with van der Waals surface area (Å²) in [6.45, 7) is 2.75. The molecule has 1 N–H and O–H groups in total. The van der Waals surface area contributed by atoms with Crippen LogP contribution in [-0.4, -0.2) is 31.4 Å². The molecule has 0 saturated carbocycles. The first kappa shape index (κ1) is 20.8. The highest BCUT2D eigenvalue weighted by Crippen LogP contribution is 2.30. The molecule has 0 spiro atoms. The van der Waals surface area contributed by atoms with Gasteiger partial charge in [0.2, 0.25) is 5.91 Å². The Kier molecular flexibility index (Phi) is 6.61. The van der Waals surface area contributed by atoms with Crippen molar-refractivity contribution in [1.82, 2.24) is 19.7 Å². The molecule has 4 rings (SSSR count). The Morgan fingerprint density at radius 1 is 1.13 bits per heavy atom. The number of carbonyl (C=O) groups excluding carboxylic acids is 1. The Hall–Kier alpha value is -2.49. The molecule has 0 aliphatic heterocycles. The Morgan fingerprint density at radius 2 is 1.90 bits per heavy atom. The van der Waals surface area contributed by atoms with Gasteiger partial charge in [-0.15, -0.1) is 21.5 Å². The maximum Gasteiger partial charge on any atom is 0.236 e. The Morgan fingerprint density at radius 3 is 2.67 bits per heavy atom. The molecule has 0 aliphatic rings. The lowest BCUT2D eigenvalue weighted by molar-refractivity contribution is -0.113. The van der Waals surface area contributed by atoms with Crippen LogP contribution in [0.2, 0.25) is 0 Å². The first-order chi connectivity index (χ1) is 14.7. The van der Waals surface area contributed by atoms with Gasteiger partial charge >= 0.3 is 0 Å². The molecule has 0 aliphatic carbocycles. The predicted molar refractivity (Wildman–Crippen MR) is 126 cm³/mol. The summed E-state index contributed by atoms with van der Waals surface area (Å²) in [5.74, 6) is 0.885. The van der Waals surface area contributed by atoms with Crippen LogP contribution in [0.25, 0.3) is 22.6 Å². The second-order valence-electron chi connectivity index (χ2n) is 6.27. The van der Waals surface area contributed by atoms with Crippen molar-refractivity contribution in [2.24, 2.45) is 0 Å². The molecule has 0 fully saturated rings. The van der Waals surface area contributed by atoms with E-state index in [2.05, 4.69) is 36.4 Å². The van der Waals surface area contributed by atoms with Gasteiger partial charge in [-0.3, -0.25) is 4.79 Å². The molecule has 0 bridgehead atoms. The van der Waals surface area contributed by atoms with Crippen molar-refractivity contribution < 1.29 is 4.79 Å². The fraction of sp³-hybridized carbons (Fsp3) is 0.143. The summed E-state index contributed by atoms with van der Waals surface area (Å²) in [5, 5.41) is 14.7. The molecule has 6 nitrogen and oxygen atoms in total. The van der Waals surface area contributed by atoms with Crippen LogP contribution >= 0.6 is 39.0 Å². The molecule has 2 heterocycles. The van der Waals surface area contributed by atoms with E-state index in [0.717, 1.165) is 27.1 Å². The molecule has 4 aromatic rings. The molecule has 2 aromatic heterocycles. The monoisotopic (exact) mass is 499 g/mol. The van der Waals surface area contributed by atoms with Crippen molar-refractivity contribution in [3.63, 3.8) is 0 Å². The lowest BCUT2D eigenvalue weighted by Gasteiger charge is -2.08. The van der Waals surface area contributed by atoms with E-state index >= 15 is 0 Å². The number of nitrogens with zero attached hydrogens (tertiary/aromatic N) is 4. The Bertz CT molecular complexity index is 1160. The van der Waals surface area contributed by atoms with Crippen molar-refractivity contribution >= 4 is 50.1 Å². The molecule has 152 valence electrons. The number of benzene rings is 2. The highest BCUT2D eigenvalue weighted by molar-refractivity contribution is 9.10. The lowest BCUT2D eigenvalue weighted by Crippen LogP contribution is -2.14. The minimum atomic E-state index is -0.123. The number of amides is 1. The minimum absolute atomic E-state index is 0.123. The molecule has 0 atom stereocenters. The highest BCUT2D eigenvalue weighted by Gasteiger charge is 2.16. The Labute approximate surface area is 190 Å². The molecule has 0 radical (unpaired) electrons. The zero-order chi connectivity index (χ0) is 20.9.